The van der Waals surface area contributed by atoms with Gasteiger partial charge in [-0.15, -0.1) is 0 Å². The second kappa shape index (κ2) is 14.1. The van der Waals surface area contributed by atoms with E-state index in [-0.39, 0.29) is 0 Å². The van der Waals surface area contributed by atoms with Crippen molar-refractivity contribution < 1.29 is 0 Å². The third-order valence-electron chi connectivity index (χ3n) is 3.78. The lowest BCUT2D eigenvalue weighted by molar-refractivity contribution is 0.380. The number of hydrogen-bond acceptors (Lipinski definition) is 0. The molecule has 0 saturated heterocycles. The minimum absolute atomic E-state index is 1.03. The van der Waals surface area contributed by atoms with Crippen LogP contribution in [0.4, 0.5) is 0 Å². The Balaban J connectivity index is 3.41. The van der Waals surface area contributed by atoms with Crippen LogP contribution in [0.25, 0.3) is 0 Å². The van der Waals surface area contributed by atoms with E-state index >= 15 is 0 Å². The fourth-order valence-corrected chi connectivity index (χ4v) is 2.66. The molecule has 0 spiro atoms. The number of hydrogen-bond donors (Lipinski definition) is 0. The summed E-state index contributed by atoms with van der Waals surface area (Å²) in [5.41, 5.74) is 0. The minimum Gasteiger partial charge on any atom is -0.0654 e. The van der Waals surface area contributed by atoms with Crippen molar-refractivity contribution in [3.05, 3.63) is 6.92 Å². The Bertz CT molecular complexity index is 128. The Kier molecular flexibility index (Phi) is 14.1. The zero-order chi connectivity index (χ0) is 12.8. The van der Waals surface area contributed by atoms with Crippen LogP contribution in [0.3, 0.4) is 0 Å². The van der Waals surface area contributed by atoms with Gasteiger partial charge in [-0.25, -0.2) is 0 Å². The molecule has 0 fully saturated rings. The van der Waals surface area contributed by atoms with Gasteiger partial charge in [0, 0.05) is 0 Å². The first kappa shape index (κ1) is 17.0. The summed E-state index contributed by atoms with van der Waals surface area (Å²) >= 11 is 0. The minimum atomic E-state index is 1.03. The van der Waals surface area contributed by atoms with Gasteiger partial charge in [0.1, 0.15) is 0 Å². The van der Waals surface area contributed by atoms with Crippen LogP contribution < -0.4 is 0 Å². The first-order valence-electron chi connectivity index (χ1n) is 8.14. The van der Waals surface area contributed by atoms with Crippen LogP contribution in [0, 0.1) is 12.8 Å². The molecule has 0 heteroatoms. The maximum absolute atomic E-state index is 3.90. The maximum atomic E-state index is 3.90. The van der Waals surface area contributed by atoms with Gasteiger partial charge in [0.15, 0.2) is 0 Å². The van der Waals surface area contributed by atoms with Crippen LogP contribution in [0.2, 0.25) is 0 Å². The molecular weight excluding hydrogens is 204 g/mol. The first-order valence-corrected chi connectivity index (χ1v) is 8.14. The molecule has 0 saturated carbocycles. The molecule has 1 atom stereocenters. The quantitative estimate of drug-likeness (QED) is 0.320. The van der Waals surface area contributed by atoms with Crippen molar-refractivity contribution in [2.24, 2.45) is 5.92 Å². The molecular formula is C17H35. The smallest absolute Gasteiger partial charge is 0.0414 e. The van der Waals surface area contributed by atoms with Gasteiger partial charge < -0.3 is 0 Å². The van der Waals surface area contributed by atoms with Crippen molar-refractivity contribution in [1.29, 1.82) is 0 Å². The van der Waals surface area contributed by atoms with E-state index in [9.17, 15) is 0 Å². The van der Waals surface area contributed by atoms with Crippen LogP contribution in [0.1, 0.15) is 97.3 Å². The second-order valence-corrected chi connectivity index (χ2v) is 5.56. The van der Waals surface area contributed by atoms with Gasteiger partial charge in [0.25, 0.3) is 0 Å². The maximum Gasteiger partial charge on any atom is -0.0414 e. The average Bonchev–Trinajstić information content (AvgIpc) is 2.34. The molecule has 1 unspecified atom stereocenters. The molecule has 0 aromatic rings. The predicted molar refractivity (Wildman–Crippen MR) is 80.2 cm³/mol. The molecule has 0 rings (SSSR count). The molecule has 0 aromatic carbocycles. The Morgan fingerprint density at radius 1 is 0.647 bits per heavy atom. The molecule has 0 amide bonds. The molecule has 0 aliphatic rings. The van der Waals surface area contributed by atoms with E-state index in [4.69, 9.17) is 0 Å². The van der Waals surface area contributed by atoms with Crippen molar-refractivity contribution in [3.63, 3.8) is 0 Å². The Morgan fingerprint density at radius 3 is 1.82 bits per heavy atom. The van der Waals surface area contributed by atoms with Crippen LogP contribution in [-0.2, 0) is 0 Å². The van der Waals surface area contributed by atoms with E-state index in [0.717, 1.165) is 12.3 Å². The molecule has 0 bridgehead atoms. The van der Waals surface area contributed by atoms with Gasteiger partial charge in [-0.2, -0.15) is 0 Å². The van der Waals surface area contributed by atoms with Crippen molar-refractivity contribution in [3.8, 4) is 0 Å². The molecule has 1 radical (unpaired) electrons. The normalized spacial score (nSPS) is 12.9. The highest BCUT2D eigenvalue weighted by Gasteiger charge is 2.06. The summed E-state index contributed by atoms with van der Waals surface area (Å²) in [6, 6.07) is 0. The largest absolute Gasteiger partial charge is 0.0654 e. The second-order valence-electron chi connectivity index (χ2n) is 5.56. The third-order valence-corrected chi connectivity index (χ3v) is 3.78. The van der Waals surface area contributed by atoms with E-state index in [2.05, 4.69) is 20.8 Å². The van der Waals surface area contributed by atoms with Crippen molar-refractivity contribution in [1.82, 2.24) is 0 Å². The van der Waals surface area contributed by atoms with E-state index in [0.29, 0.717) is 0 Å². The fourth-order valence-electron chi connectivity index (χ4n) is 2.66. The summed E-state index contributed by atoms with van der Waals surface area (Å²) in [5, 5.41) is 0. The molecule has 0 aliphatic heterocycles. The van der Waals surface area contributed by atoms with Crippen LogP contribution >= 0.6 is 0 Å². The van der Waals surface area contributed by atoms with E-state index in [1.54, 1.807) is 0 Å². The molecule has 17 heavy (non-hydrogen) atoms. The predicted octanol–water partition coefficient (Wildman–Crippen LogP) is 6.55. The van der Waals surface area contributed by atoms with Gasteiger partial charge >= 0.3 is 0 Å². The van der Waals surface area contributed by atoms with E-state index in [1.807, 2.05) is 0 Å². The zero-order valence-electron chi connectivity index (χ0n) is 12.5. The molecule has 0 aliphatic carbocycles. The van der Waals surface area contributed by atoms with E-state index < -0.39 is 0 Å². The zero-order valence-corrected chi connectivity index (χ0v) is 12.5. The SMILES string of the molecule is [CH2]CCCCCCCC(CCC)CCCCC. The molecule has 0 nitrogen and oxygen atoms in total. The highest BCUT2D eigenvalue weighted by Crippen LogP contribution is 2.22. The topological polar surface area (TPSA) is 0 Å². The summed E-state index contributed by atoms with van der Waals surface area (Å²) in [4.78, 5) is 0. The Morgan fingerprint density at radius 2 is 1.24 bits per heavy atom. The lowest BCUT2D eigenvalue weighted by Gasteiger charge is -2.15. The lowest BCUT2D eigenvalue weighted by Crippen LogP contribution is -2.00. The molecule has 0 aromatic heterocycles. The van der Waals surface area contributed by atoms with Crippen LogP contribution in [-0.4, -0.2) is 0 Å². The van der Waals surface area contributed by atoms with Crippen molar-refractivity contribution in [2.75, 3.05) is 0 Å². The van der Waals surface area contributed by atoms with E-state index in [1.165, 1.54) is 77.0 Å². The van der Waals surface area contributed by atoms with Gasteiger partial charge in [-0.3, -0.25) is 0 Å². The number of rotatable bonds is 13. The van der Waals surface area contributed by atoms with Crippen LogP contribution in [0.5, 0.6) is 0 Å². The fraction of sp³-hybridized carbons (Fsp3) is 0.941. The summed E-state index contributed by atoms with van der Waals surface area (Å²) in [6.07, 6.45) is 18.3. The third kappa shape index (κ3) is 12.2. The summed E-state index contributed by atoms with van der Waals surface area (Å²) in [5.74, 6) is 1.03. The lowest BCUT2D eigenvalue weighted by atomic mass is 9.91. The number of unbranched alkanes of at least 4 members (excludes halogenated alkanes) is 7. The summed E-state index contributed by atoms with van der Waals surface area (Å²) in [6.45, 7) is 8.54. The standard InChI is InChI=1S/C17H35/c1-4-7-9-10-11-13-16-17(14-6-3)15-12-8-5-2/h17H,1,4-16H2,2-3H3. The monoisotopic (exact) mass is 239 g/mol. The van der Waals surface area contributed by atoms with Crippen LogP contribution in [0.15, 0.2) is 0 Å². The van der Waals surface area contributed by atoms with Gasteiger partial charge in [0.05, 0.1) is 0 Å². The molecule has 0 N–H and O–H groups in total. The summed E-state index contributed by atoms with van der Waals surface area (Å²) in [7, 11) is 0. The Labute approximate surface area is 111 Å². The summed E-state index contributed by atoms with van der Waals surface area (Å²) < 4.78 is 0. The van der Waals surface area contributed by atoms with Gasteiger partial charge in [-0.1, -0.05) is 104 Å². The van der Waals surface area contributed by atoms with Crippen molar-refractivity contribution in [2.45, 2.75) is 97.3 Å². The van der Waals surface area contributed by atoms with Gasteiger partial charge in [-0.05, 0) is 5.92 Å². The van der Waals surface area contributed by atoms with Gasteiger partial charge in [0.2, 0.25) is 0 Å². The average molecular weight is 239 g/mol. The highest BCUT2D eigenvalue weighted by molar-refractivity contribution is 4.60. The van der Waals surface area contributed by atoms with Crippen molar-refractivity contribution >= 4 is 0 Å². The highest BCUT2D eigenvalue weighted by atomic mass is 14.1. The molecule has 0 heterocycles. The molecule has 103 valence electrons. The first-order chi connectivity index (χ1) is 8.35. The Hall–Kier alpha value is 0.